The Labute approximate surface area is 199 Å². The van der Waals surface area contributed by atoms with Gasteiger partial charge >= 0.3 is 11.9 Å². The van der Waals surface area contributed by atoms with Gasteiger partial charge in [0.05, 0.1) is 38.4 Å². The molecule has 0 aromatic carbocycles. The van der Waals surface area contributed by atoms with Crippen LogP contribution >= 0.6 is 0 Å². The van der Waals surface area contributed by atoms with Gasteiger partial charge in [-0.1, -0.05) is 33.3 Å². The van der Waals surface area contributed by atoms with Crippen LogP contribution in [0.2, 0.25) is 0 Å². The summed E-state index contributed by atoms with van der Waals surface area (Å²) in [5.41, 5.74) is 0.703. The first-order valence-corrected chi connectivity index (χ1v) is 12.1. The lowest BCUT2D eigenvalue weighted by Crippen LogP contribution is -2.64. The zero-order valence-corrected chi connectivity index (χ0v) is 20.4. The molecular formula is C27H32O7. The number of methoxy groups -OCH3 is 1. The van der Waals surface area contributed by atoms with E-state index < -0.39 is 40.2 Å². The predicted molar refractivity (Wildman–Crippen MR) is 120 cm³/mol. The molecule has 2 heterocycles. The number of allylic oxidation sites excluding steroid dienone is 1. The number of furan rings is 1. The Hall–Kier alpha value is -2.70. The Morgan fingerprint density at radius 3 is 2.53 bits per heavy atom. The van der Waals surface area contributed by atoms with E-state index in [0.717, 1.165) is 29.6 Å². The van der Waals surface area contributed by atoms with Gasteiger partial charge in [-0.25, -0.2) is 0 Å². The van der Waals surface area contributed by atoms with Crippen LogP contribution in [-0.2, 0) is 28.7 Å². The van der Waals surface area contributed by atoms with Gasteiger partial charge in [0, 0.05) is 21.8 Å². The highest BCUT2D eigenvalue weighted by Crippen LogP contribution is 2.66. The zero-order chi connectivity index (χ0) is 24.6. The lowest BCUT2D eigenvalue weighted by Gasteiger charge is -2.61. The highest BCUT2D eigenvalue weighted by Gasteiger charge is 2.67. The highest BCUT2D eigenvalue weighted by molar-refractivity contribution is 6.11. The first kappa shape index (κ1) is 23.1. The van der Waals surface area contributed by atoms with Gasteiger partial charge in [0.15, 0.2) is 0 Å². The minimum Gasteiger partial charge on any atom is -0.472 e. The smallest absolute Gasteiger partial charge is 0.310 e. The molecule has 1 aromatic rings. The van der Waals surface area contributed by atoms with Gasteiger partial charge in [-0.2, -0.15) is 0 Å². The minimum atomic E-state index is -0.884. The van der Waals surface area contributed by atoms with Crippen molar-refractivity contribution in [2.24, 2.45) is 34.0 Å². The number of carbonyl (C=O) groups is 4. The number of esters is 2. The number of Topliss-reactive ketones (excluding diaryl/α,β-unsaturated/α-hetero) is 2. The molecule has 0 amide bonds. The second-order valence-electron chi connectivity index (χ2n) is 11.4. The average Bonchev–Trinajstić information content (AvgIpc) is 3.32. The number of hydrogen-bond acceptors (Lipinski definition) is 7. The van der Waals surface area contributed by atoms with E-state index in [0.29, 0.717) is 6.42 Å². The number of fused-ring (bicyclic) bond motifs is 5. The summed E-state index contributed by atoms with van der Waals surface area (Å²) in [4.78, 5) is 52.6. The van der Waals surface area contributed by atoms with Crippen molar-refractivity contribution in [3.05, 3.63) is 35.3 Å². The molecule has 7 nitrogen and oxygen atoms in total. The molecule has 1 aromatic heterocycles. The monoisotopic (exact) mass is 468 g/mol. The summed E-state index contributed by atoms with van der Waals surface area (Å²) in [6, 6.07) is 1.82. The topological polar surface area (TPSA) is 99.9 Å². The van der Waals surface area contributed by atoms with E-state index in [9.17, 15) is 19.2 Å². The molecule has 4 aliphatic rings. The molecule has 0 N–H and O–H groups in total. The first-order chi connectivity index (χ1) is 16.0. The second kappa shape index (κ2) is 7.40. The molecule has 34 heavy (non-hydrogen) atoms. The maximum Gasteiger partial charge on any atom is 0.310 e. The quantitative estimate of drug-likeness (QED) is 0.369. The van der Waals surface area contributed by atoms with Crippen molar-refractivity contribution in [2.45, 2.75) is 65.9 Å². The molecule has 5 rings (SSSR count). The van der Waals surface area contributed by atoms with Crippen molar-refractivity contribution >= 4 is 23.5 Å². The largest absolute Gasteiger partial charge is 0.472 e. The van der Waals surface area contributed by atoms with Crippen LogP contribution in [0.1, 0.15) is 71.5 Å². The molecule has 182 valence electrons. The van der Waals surface area contributed by atoms with Gasteiger partial charge in [0.1, 0.15) is 17.7 Å². The van der Waals surface area contributed by atoms with Crippen molar-refractivity contribution in [3.63, 3.8) is 0 Å². The van der Waals surface area contributed by atoms with Crippen molar-refractivity contribution in [1.82, 2.24) is 0 Å². The van der Waals surface area contributed by atoms with Crippen LogP contribution in [0.3, 0.4) is 0 Å². The molecule has 0 spiro atoms. The maximum absolute atomic E-state index is 13.8. The molecule has 0 unspecified atom stereocenters. The van der Waals surface area contributed by atoms with Crippen LogP contribution < -0.4 is 0 Å². The summed E-state index contributed by atoms with van der Waals surface area (Å²) < 4.78 is 16.1. The van der Waals surface area contributed by atoms with Crippen LogP contribution in [0.15, 0.2) is 34.2 Å². The summed E-state index contributed by atoms with van der Waals surface area (Å²) in [7, 11) is 1.33. The Morgan fingerprint density at radius 1 is 1.15 bits per heavy atom. The van der Waals surface area contributed by atoms with Gasteiger partial charge in [0.2, 0.25) is 0 Å². The van der Waals surface area contributed by atoms with E-state index >= 15 is 0 Å². The van der Waals surface area contributed by atoms with Gasteiger partial charge in [-0.3, -0.25) is 19.2 Å². The van der Waals surface area contributed by atoms with E-state index in [1.807, 2.05) is 26.8 Å². The number of cyclic esters (lactones) is 1. The number of rotatable bonds is 3. The fraction of sp³-hybridized carbons (Fsp3) is 0.630. The van der Waals surface area contributed by atoms with Gasteiger partial charge in [-0.15, -0.1) is 0 Å². The van der Waals surface area contributed by atoms with Crippen molar-refractivity contribution in [2.75, 3.05) is 7.11 Å². The summed E-state index contributed by atoms with van der Waals surface area (Å²) >= 11 is 0. The molecule has 7 heteroatoms. The standard InChI is InChI=1S/C27H32O7/c1-25(2)19(12-20(28)32-5)27(4)17-6-8-26(3)18(15(17)10-16(22(25)30)23(27)31)11-21(29)34-24(26)14-7-9-33-13-14/h7,9,13,16-17,19,24H,6,8,10-12H2,1-5H3/t16-,17+,19-,24-,26-,27+/m0/s1. The molecule has 1 aliphatic heterocycles. The van der Waals surface area contributed by atoms with E-state index in [1.54, 1.807) is 12.5 Å². The van der Waals surface area contributed by atoms with Crippen LogP contribution in [0.25, 0.3) is 0 Å². The first-order valence-electron chi connectivity index (χ1n) is 12.1. The number of hydrogen-bond donors (Lipinski definition) is 0. The molecule has 0 radical (unpaired) electrons. The average molecular weight is 469 g/mol. The Kier molecular flexibility index (Phi) is 5.02. The Morgan fingerprint density at radius 2 is 1.88 bits per heavy atom. The molecule has 2 saturated carbocycles. The van der Waals surface area contributed by atoms with E-state index in [1.165, 1.54) is 7.11 Å². The van der Waals surface area contributed by atoms with Crippen LogP contribution in [0.5, 0.6) is 0 Å². The number of ether oxygens (including phenoxy) is 2. The van der Waals surface area contributed by atoms with Crippen LogP contribution in [0.4, 0.5) is 0 Å². The Bertz CT molecular complexity index is 1110. The Balaban J connectivity index is 1.68. The fourth-order valence-corrected chi connectivity index (χ4v) is 7.76. The summed E-state index contributed by atoms with van der Waals surface area (Å²) in [5.74, 6) is -2.26. The predicted octanol–water partition coefficient (Wildman–Crippen LogP) is 4.36. The third-order valence-electron chi connectivity index (χ3n) is 9.59. The third-order valence-corrected chi connectivity index (χ3v) is 9.59. The second-order valence-corrected chi connectivity index (χ2v) is 11.4. The SMILES string of the molecule is COC(=O)C[C@H]1C(C)(C)C(=O)[C@@H]2CC3=C4CC(=O)O[C@@H](c5ccoc5)[C@@]4(C)CC[C@H]3[C@@]1(C)C2=O. The maximum atomic E-state index is 13.8. The van der Waals surface area contributed by atoms with Crippen molar-refractivity contribution < 1.29 is 33.1 Å². The molecule has 1 saturated heterocycles. The van der Waals surface area contributed by atoms with Gasteiger partial charge < -0.3 is 13.9 Å². The van der Waals surface area contributed by atoms with E-state index in [2.05, 4.69) is 6.92 Å². The van der Waals surface area contributed by atoms with Gasteiger partial charge in [-0.05, 0) is 42.7 Å². The molecule has 6 atom stereocenters. The van der Waals surface area contributed by atoms with Gasteiger partial charge in [0.25, 0.3) is 0 Å². The normalized spacial score (nSPS) is 38.7. The van der Waals surface area contributed by atoms with E-state index in [-0.39, 0.29) is 36.3 Å². The van der Waals surface area contributed by atoms with Crippen LogP contribution in [0, 0.1) is 34.0 Å². The lowest BCUT2D eigenvalue weighted by molar-refractivity contribution is -0.172. The molecule has 2 bridgehead atoms. The zero-order valence-electron chi connectivity index (χ0n) is 20.4. The molecular weight excluding hydrogens is 436 g/mol. The van der Waals surface area contributed by atoms with Crippen molar-refractivity contribution in [3.8, 4) is 0 Å². The summed E-state index contributed by atoms with van der Waals surface area (Å²) in [5, 5.41) is 0. The highest BCUT2D eigenvalue weighted by atomic mass is 16.5. The fourth-order valence-electron chi connectivity index (χ4n) is 7.76. The summed E-state index contributed by atoms with van der Waals surface area (Å²) in [6.07, 6.45) is 4.68. The number of ketones is 2. The molecule has 3 aliphatic carbocycles. The lowest BCUT2D eigenvalue weighted by atomic mass is 9.41. The van der Waals surface area contributed by atoms with Crippen LogP contribution in [-0.4, -0.2) is 30.6 Å². The summed E-state index contributed by atoms with van der Waals surface area (Å²) in [6.45, 7) is 7.77. The third kappa shape index (κ3) is 2.88. The van der Waals surface area contributed by atoms with E-state index in [4.69, 9.17) is 13.9 Å². The molecule has 3 fully saturated rings. The van der Waals surface area contributed by atoms with Crippen molar-refractivity contribution in [1.29, 1.82) is 0 Å². The minimum absolute atomic E-state index is 0.0142. The number of carbonyl (C=O) groups excluding carboxylic acids is 4.